The molecule has 1 fully saturated rings. The maximum atomic E-state index is 13.7. The fraction of sp³-hybridized carbons (Fsp3) is 0.294. The molecule has 1 aliphatic carbocycles. The molecule has 104 valence electrons. The van der Waals surface area contributed by atoms with Crippen LogP contribution >= 0.6 is 15.9 Å². The Kier molecular flexibility index (Phi) is 3.79. The molecule has 0 heterocycles. The average molecular weight is 334 g/mol. The minimum absolute atomic E-state index is 0.187. The highest BCUT2D eigenvalue weighted by Crippen LogP contribution is 2.40. The van der Waals surface area contributed by atoms with Gasteiger partial charge < -0.3 is 5.32 Å². The number of hydrogen-bond acceptors (Lipinski definition) is 1. The largest absolute Gasteiger partial charge is 0.380 e. The Balaban J connectivity index is 1.64. The van der Waals surface area contributed by atoms with Crippen molar-refractivity contribution in [3.8, 4) is 0 Å². The quantitative estimate of drug-likeness (QED) is 0.808. The highest BCUT2D eigenvalue weighted by atomic mass is 79.9. The molecule has 0 saturated heterocycles. The molecule has 1 aliphatic rings. The van der Waals surface area contributed by atoms with Crippen molar-refractivity contribution in [1.82, 2.24) is 0 Å². The van der Waals surface area contributed by atoms with Crippen LogP contribution in [0.5, 0.6) is 0 Å². The molecule has 3 rings (SSSR count). The van der Waals surface area contributed by atoms with E-state index in [1.54, 1.807) is 12.1 Å². The van der Waals surface area contributed by atoms with Gasteiger partial charge in [0.1, 0.15) is 5.82 Å². The van der Waals surface area contributed by atoms with Crippen LogP contribution in [0, 0.1) is 12.7 Å². The minimum Gasteiger partial charge on any atom is -0.380 e. The molecular weight excluding hydrogens is 317 g/mol. The Morgan fingerprint density at radius 2 is 1.90 bits per heavy atom. The number of aryl methyl sites for hydroxylation is 1. The third-order valence-corrected chi connectivity index (χ3v) is 4.55. The smallest absolute Gasteiger partial charge is 0.146 e. The number of nitrogens with one attached hydrogen (secondary N) is 1. The first kappa shape index (κ1) is 13.6. The Hall–Kier alpha value is -1.35. The minimum atomic E-state index is -0.187. The maximum Gasteiger partial charge on any atom is 0.146 e. The summed E-state index contributed by atoms with van der Waals surface area (Å²) in [6, 6.07) is 13.9. The van der Waals surface area contributed by atoms with Gasteiger partial charge in [-0.15, -0.1) is 0 Å². The summed E-state index contributed by atoms with van der Waals surface area (Å²) >= 11 is 3.38. The number of hydrogen-bond donors (Lipinski definition) is 1. The van der Waals surface area contributed by atoms with E-state index in [9.17, 15) is 4.39 Å². The summed E-state index contributed by atoms with van der Waals surface area (Å²) in [5.74, 6) is 0.413. The average Bonchev–Trinajstić information content (AvgIpc) is 2.38. The molecule has 0 aliphatic heterocycles. The SMILES string of the molecule is Cc1ccccc1C1CC(Nc2cc(Br)ccc2F)C1. The normalized spacial score (nSPS) is 21.4. The van der Waals surface area contributed by atoms with Gasteiger partial charge in [-0.1, -0.05) is 40.2 Å². The molecule has 2 aromatic carbocycles. The van der Waals surface area contributed by atoms with Gasteiger partial charge in [-0.05, 0) is 55.0 Å². The fourth-order valence-electron chi connectivity index (χ4n) is 2.86. The topological polar surface area (TPSA) is 12.0 Å². The lowest BCUT2D eigenvalue weighted by atomic mass is 9.74. The van der Waals surface area contributed by atoms with Crippen molar-refractivity contribution in [1.29, 1.82) is 0 Å². The molecule has 20 heavy (non-hydrogen) atoms. The van der Waals surface area contributed by atoms with Crippen LogP contribution in [0.3, 0.4) is 0 Å². The zero-order valence-electron chi connectivity index (χ0n) is 11.4. The third-order valence-electron chi connectivity index (χ3n) is 4.05. The van der Waals surface area contributed by atoms with Crippen molar-refractivity contribution in [2.45, 2.75) is 31.7 Å². The van der Waals surface area contributed by atoms with E-state index in [0.717, 1.165) is 17.3 Å². The van der Waals surface area contributed by atoms with Gasteiger partial charge in [-0.3, -0.25) is 0 Å². The Labute approximate surface area is 127 Å². The summed E-state index contributed by atoms with van der Waals surface area (Å²) in [6.07, 6.45) is 2.13. The van der Waals surface area contributed by atoms with Crippen molar-refractivity contribution >= 4 is 21.6 Å². The summed E-state index contributed by atoms with van der Waals surface area (Å²) in [5, 5.41) is 3.30. The molecular formula is C17H17BrFN. The first-order chi connectivity index (χ1) is 9.63. The zero-order valence-corrected chi connectivity index (χ0v) is 13.0. The molecule has 0 amide bonds. The van der Waals surface area contributed by atoms with Crippen LogP contribution in [0.1, 0.15) is 29.9 Å². The Bertz CT molecular complexity index is 620. The molecule has 0 aromatic heterocycles. The maximum absolute atomic E-state index is 13.7. The van der Waals surface area contributed by atoms with E-state index in [1.165, 1.54) is 17.2 Å². The fourth-order valence-corrected chi connectivity index (χ4v) is 3.22. The van der Waals surface area contributed by atoms with Crippen molar-refractivity contribution in [2.75, 3.05) is 5.32 Å². The number of halogens is 2. The summed E-state index contributed by atoms with van der Waals surface area (Å²) < 4.78 is 14.6. The molecule has 0 unspecified atom stereocenters. The van der Waals surface area contributed by atoms with Crippen LogP contribution in [0.15, 0.2) is 46.9 Å². The summed E-state index contributed by atoms with van der Waals surface area (Å²) in [4.78, 5) is 0. The highest BCUT2D eigenvalue weighted by molar-refractivity contribution is 9.10. The van der Waals surface area contributed by atoms with Gasteiger partial charge in [-0.2, -0.15) is 0 Å². The standard InChI is InChI=1S/C17H17BrFN/c1-11-4-2-3-5-15(11)12-8-14(9-12)20-17-10-13(18)6-7-16(17)19/h2-7,10,12,14,20H,8-9H2,1H3. The molecule has 1 saturated carbocycles. The van der Waals surface area contributed by atoms with Crippen LogP contribution in [-0.2, 0) is 0 Å². The highest BCUT2D eigenvalue weighted by Gasteiger charge is 2.31. The Morgan fingerprint density at radius 1 is 1.15 bits per heavy atom. The number of anilines is 1. The van der Waals surface area contributed by atoms with Gasteiger partial charge in [0, 0.05) is 10.5 Å². The van der Waals surface area contributed by atoms with Gasteiger partial charge in [-0.25, -0.2) is 4.39 Å². The van der Waals surface area contributed by atoms with E-state index in [4.69, 9.17) is 0 Å². The second-order valence-electron chi connectivity index (χ2n) is 5.49. The van der Waals surface area contributed by atoms with Crippen molar-refractivity contribution in [2.24, 2.45) is 0 Å². The lowest BCUT2D eigenvalue weighted by Crippen LogP contribution is -2.34. The predicted octanol–water partition coefficient (Wildman–Crippen LogP) is 5.25. The van der Waals surface area contributed by atoms with Crippen LogP contribution < -0.4 is 5.32 Å². The van der Waals surface area contributed by atoms with E-state index in [-0.39, 0.29) is 5.82 Å². The van der Waals surface area contributed by atoms with Crippen LogP contribution in [0.2, 0.25) is 0 Å². The summed E-state index contributed by atoms with van der Waals surface area (Å²) in [6.45, 7) is 2.16. The molecule has 3 heteroatoms. The van der Waals surface area contributed by atoms with E-state index in [1.807, 2.05) is 0 Å². The van der Waals surface area contributed by atoms with Crippen LogP contribution in [0.25, 0.3) is 0 Å². The first-order valence-corrected chi connectivity index (χ1v) is 7.70. The monoisotopic (exact) mass is 333 g/mol. The second-order valence-corrected chi connectivity index (χ2v) is 6.41. The van der Waals surface area contributed by atoms with Crippen LogP contribution in [0.4, 0.5) is 10.1 Å². The van der Waals surface area contributed by atoms with Gasteiger partial charge in [0.05, 0.1) is 5.69 Å². The molecule has 2 aromatic rings. The van der Waals surface area contributed by atoms with Crippen molar-refractivity contribution in [3.05, 3.63) is 63.9 Å². The molecule has 0 radical (unpaired) electrons. The van der Waals surface area contributed by atoms with E-state index in [2.05, 4.69) is 52.4 Å². The lowest BCUT2D eigenvalue weighted by Gasteiger charge is -2.37. The van der Waals surface area contributed by atoms with E-state index < -0.39 is 0 Å². The van der Waals surface area contributed by atoms with Gasteiger partial charge in [0.15, 0.2) is 0 Å². The molecule has 0 bridgehead atoms. The van der Waals surface area contributed by atoms with Gasteiger partial charge in [0.2, 0.25) is 0 Å². The van der Waals surface area contributed by atoms with Gasteiger partial charge in [0.25, 0.3) is 0 Å². The first-order valence-electron chi connectivity index (χ1n) is 6.90. The summed E-state index contributed by atoms with van der Waals surface area (Å²) in [7, 11) is 0. The van der Waals surface area contributed by atoms with Crippen molar-refractivity contribution in [3.63, 3.8) is 0 Å². The zero-order chi connectivity index (χ0) is 14.1. The lowest BCUT2D eigenvalue weighted by molar-refractivity contribution is 0.371. The van der Waals surface area contributed by atoms with E-state index >= 15 is 0 Å². The third kappa shape index (κ3) is 2.73. The molecule has 1 nitrogen and oxygen atoms in total. The second kappa shape index (κ2) is 5.57. The van der Waals surface area contributed by atoms with E-state index in [0.29, 0.717) is 17.6 Å². The molecule has 0 atom stereocenters. The predicted molar refractivity (Wildman–Crippen MR) is 84.7 cm³/mol. The molecule has 1 N–H and O–H groups in total. The molecule has 0 spiro atoms. The number of benzene rings is 2. The Morgan fingerprint density at radius 3 is 2.65 bits per heavy atom. The number of rotatable bonds is 3. The van der Waals surface area contributed by atoms with Gasteiger partial charge >= 0.3 is 0 Å². The van der Waals surface area contributed by atoms with Crippen LogP contribution in [-0.4, -0.2) is 6.04 Å². The summed E-state index contributed by atoms with van der Waals surface area (Å²) in [5.41, 5.74) is 3.37. The van der Waals surface area contributed by atoms with Crippen molar-refractivity contribution < 1.29 is 4.39 Å².